The molecule has 4 aromatic carbocycles. The predicted octanol–water partition coefficient (Wildman–Crippen LogP) is 7.67. The third kappa shape index (κ3) is 5.21. The Bertz CT molecular complexity index is 1240. The van der Waals surface area contributed by atoms with Gasteiger partial charge in [-0.1, -0.05) is 67.2 Å². The lowest BCUT2D eigenvalue weighted by molar-refractivity contribution is -0.138. The molecule has 0 aliphatic rings. The Morgan fingerprint density at radius 3 is 1.94 bits per heavy atom. The van der Waals surface area contributed by atoms with Gasteiger partial charge in [0.05, 0.1) is 0 Å². The lowest BCUT2D eigenvalue weighted by atomic mass is 10.0. The monoisotopic (exact) mass is 433 g/mol. The van der Waals surface area contributed by atoms with Gasteiger partial charge in [-0.2, -0.15) is 0 Å². The fraction of sp³-hybridized carbons (Fsp3) is 0.100. The van der Waals surface area contributed by atoms with Gasteiger partial charge in [-0.15, -0.1) is 0 Å². The molecule has 0 N–H and O–H groups in total. The largest absolute Gasteiger partial charge is 0.458 e. The van der Waals surface area contributed by atoms with Crippen molar-refractivity contribution in [2.45, 2.75) is 20.5 Å². The van der Waals surface area contributed by atoms with E-state index in [1.165, 1.54) is 28.3 Å². The van der Waals surface area contributed by atoms with E-state index in [-0.39, 0.29) is 6.61 Å². The Balaban J connectivity index is 1.69. The summed E-state index contributed by atoms with van der Waals surface area (Å²) in [5.74, 6) is -0.422. The molecule has 0 aliphatic carbocycles. The second kappa shape index (κ2) is 10.0. The molecule has 3 heteroatoms. The number of nitrogens with zero attached hydrogens (tertiary/aromatic N) is 1. The fourth-order valence-electron chi connectivity index (χ4n) is 3.70. The number of anilines is 3. The number of rotatable bonds is 7. The molecule has 0 saturated heterocycles. The lowest BCUT2D eigenvalue weighted by Crippen LogP contribution is -2.10. The minimum absolute atomic E-state index is 0.223. The zero-order valence-electron chi connectivity index (χ0n) is 19.0. The van der Waals surface area contributed by atoms with Crippen molar-refractivity contribution in [2.24, 2.45) is 0 Å². The molecule has 0 spiro atoms. The van der Waals surface area contributed by atoms with Crippen LogP contribution < -0.4 is 4.90 Å². The molecule has 33 heavy (non-hydrogen) atoms. The Morgan fingerprint density at radius 2 is 1.33 bits per heavy atom. The second-order valence-electron chi connectivity index (χ2n) is 8.00. The SMILES string of the molecule is C=CC(=O)OCc1ccc(N(c2ccc(-c3ccccc3)cc2)c2ccc(C)c(C)c2)cc1. The molecule has 0 saturated carbocycles. The van der Waals surface area contributed by atoms with Crippen molar-refractivity contribution in [3.05, 3.63) is 126 Å². The standard InChI is InChI=1S/C30H27NO2/c1-4-30(32)33-21-24-11-16-27(17-12-24)31(29-15-10-22(2)23(3)20-29)28-18-13-26(14-19-28)25-8-6-5-7-9-25/h4-20H,1,21H2,2-3H3. The van der Waals surface area contributed by atoms with Gasteiger partial charge in [-0.25, -0.2) is 4.79 Å². The van der Waals surface area contributed by atoms with E-state index in [4.69, 9.17) is 4.74 Å². The van der Waals surface area contributed by atoms with Crippen LogP contribution in [0.15, 0.2) is 110 Å². The highest BCUT2D eigenvalue weighted by Crippen LogP contribution is 2.36. The fourth-order valence-corrected chi connectivity index (χ4v) is 3.70. The van der Waals surface area contributed by atoms with E-state index in [0.29, 0.717) is 0 Å². The smallest absolute Gasteiger partial charge is 0.330 e. The first-order chi connectivity index (χ1) is 16.0. The summed E-state index contributed by atoms with van der Waals surface area (Å²) in [5.41, 5.74) is 9.00. The number of carbonyl (C=O) groups is 1. The van der Waals surface area contributed by atoms with Gasteiger partial charge in [-0.05, 0) is 78.1 Å². The molecule has 4 aromatic rings. The van der Waals surface area contributed by atoms with Crippen LogP contribution >= 0.6 is 0 Å². The third-order valence-electron chi connectivity index (χ3n) is 5.72. The molecule has 0 aliphatic heterocycles. The Labute approximate surface area is 195 Å². The van der Waals surface area contributed by atoms with Crippen LogP contribution in [0.1, 0.15) is 16.7 Å². The average Bonchev–Trinajstić information content (AvgIpc) is 2.86. The molecule has 0 bridgehead atoms. The first kappa shape index (κ1) is 22.1. The highest BCUT2D eigenvalue weighted by molar-refractivity contribution is 5.81. The van der Waals surface area contributed by atoms with Gasteiger partial charge in [-0.3, -0.25) is 0 Å². The van der Waals surface area contributed by atoms with Crippen LogP contribution in [-0.2, 0) is 16.1 Å². The van der Waals surface area contributed by atoms with Crippen molar-refractivity contribution in [3.63, 3.8) is 0 Å². The van der Waals surface area contributed by atoms with E-state index in [2.05, 4.69) is 104 Å². The predicted molar refractivity (Wildman–Crippen MR) is 136 cm³/mol. The van der Waals surface area contributed by atoms with E-state index in [1.54, 1.807) is 0 Å². The number of hydrogen-bond acceptors (Lipinski definition) is 3. The van der Waals surface area contributed by atoms with Crippen LogP contribution in [0, 0.1) is 13.8 Å². The average molecular weight is 434 g/mol. The second-order valence-corrected chi connectivity index (χ2v) is 8.00. The number of benzene rings is 4. The van der Waals surface area contributed by atoms with Crippen molar-refractivity contribution in [2.75, 3.05) is 4.90 Å². The number of esters is 1. The Kier molecular flexibility index (Phi) is 6.70. The van der Waals surface area contributed by atoms with Gasteiger partial charge < -0.3 is 9.64 Å². The number of aryl methyl sites for hydroxylation is 2. The van der Waals surface area contributed by atoms with Crippen molar-refractivity contribution in [1.82, 2.24) is 0 Å². The summed E-state index contributed by atoms with van der Waals surface area (Å²) in [6, 6.07) is 33.6. The maximum Gasteiger partial charge on any atom is 0.330 e. The molecule has 3 nitrogen and oxygen atoms in total. The van der Waals surface area contributed by atoms with Gasteiger partial charge in [0.1, 0.15) is 6.61 Å². The van der Waals surface area contributed by atoms with Crippen molar-refractivity contribution in [3.8, 4) is 11.1 Å². The maximum atomic E-state index is 11.4. The van der Waals surface area contributed by atoms with E-state index < -0.39 is 5.97 Å². The molecule has 0 heterocycles. The zero-order valence-corrected chi connectivity index (χ0v) is 19.0. The summed E-state index contributed by atoms with van der Waals surface area (Å²) < 4.78 is 5.16. The van der Waals surface area contributed by atoms with Crippen molar-refractivity contribution >= 4 is 23.0 Å². The van der Waals surface area contributed by atoms with E-state index >= 15 is 0 Å². The summed E-state index contributed by atoms with van der Waals surface area (Å²) in [6.45, 7) is 7.91. The molecule has 0 fully saturated rings. The van der Waals surface area contributed by atoms with Crippen LogP contribution in [0.5, 0.6) is 0 Å². The maximum absolute atomic E-state index is 11.4. The molecule has 0 radical (unpaired) electrons. The summed E-state index contributed by atoms with van der Waals surface area (Å²) >= 11 is 0. The van der Waals surface area contributed by atoms with E-state index in [0.717, 1.165) is 22.6 Å². The molecule has 4 rings (SSSR count). The summed E-state index contributed by atoms with van der Waals surface area (Å²) in [5, 5.41) is 0. The Morgan fingerprint density at radius 1 is 0.758 bits per heavy atom. The van der Waals surface area contributed by atoms with E-state index in [9.17, 15) is 4.79 Å². The topological polar surface area (TPSA) is 29.5 Å². The van der Waals surface area contributed by atoms with Gasteiger partial charge in [0.2, 0.25) is 0 Å². The van der Waals surface area contributed by atoms with Crippen LogP contribution in [0.3, 0.4) is 0 Å². The molecule has 0 unspecified atom stereocenters. The highest BCUT2D eigenvalue weighted by Gasteiger charge is 2.14. The van der Waals surface area contributed by atoms with Gasteiger partial charge >= 0.3 is 5.97 Å². The molecule has 0 amide bonds. The minimum atomic E-state index is -0.422. The zero-order chi connectivity index (χ0) is 23.2. The van der Waals surface area contributed by atoms with Crippen LogP contribution in [0.2, 0.25) is 0 Å². The number of ether oxygens (including phenoxy) is 1. The molecular formula is C30H27NO2. The third-order valence-corrected chi connectivity index (χ3v) is 5.72. The van der Waals surface area contributed by atoms with Crippen LogP contribution in [0.4, 0.5) is 17.1 Å². The van der Waals surface area contributed by atoms with Crippen molar-refractivity contribution in [1.29, 1.82) is 0 Å². The highest BCUT2D eigenvalue weighted by atomic mass is 16.5. The summed E-state index contributed by atoms with van der Waals surface area (Å²) in [7, 11) is 0. The Hall–Kier alpha value is -4.11. The van der Waals surface area contributed by atoms with Crippen LogP contribution in [-0.4, -0.2) is 5.97 Å². The number of hydrogen-bond donors (Lipinski definition) is 0. The summed E-state index contributed by atoms with van der Waals surface area (Å²) in [6.07, 6.45) is 1.18. The van der Waals surface area contributed by atoms with E-state index in [1.807, 2.05) is 18.2 Å². The first-order valence-electron chi connectivity index (χ1n) is 11.0. The van der Waals surface area contributed by atoms with Crippen molar-refractivity contribution < 1.29 is 9.53 Å². The summed E-state index contributed by atoms with van der Waals surface area (Å²) in [4.78, 5) is 13.6. The lowest BCUT2D eigenvalue weighted by Gasteiger charge is -2.26. The van der Waals surface area contributed by atoms with Gasteiger partial charge in [0.25, 0.3) is 0 Å². The molecule has 0 atom stereocenters. The van der Waals surface area contributed by atoms with Crippen LogP contribution in [0.25, 0.3) is 11.1 Å². The van der Waals surface area contributed by atoms with Gasteiger partial charge in [0, 0.05) is 23.1 Å². The molecular weight excluding hydrogens is 406 g/mol. The number of carbonyl (C=O) groups excluding carboxylic acids is 1. The van der Waals surface area contributed by atoms with Gasteiger partial charge in [0.15, 0.2) is 0 Å². The normalized spacial score (nSPS) is 10.5. The quantitative estimate of drug-likeness (QED) is 0.221. The molecule has 0 aromatic heterocycles. The first-order valence-corrected chi connectivity index (χ1v) is 11.0. The minimum Gasteiger partial charge on any atom is -0.458 e. The molecule has 164 valence electrons.